The lowest BCUT2D eigenvalue weighted by Crippen LogP contribution is -2.30. The van der Waals surface area contributed by atoms with Crippen molar-refractivity contribution in [1.82, 2.24) is 5.32 Å². The summed E-state index contributed by atoms with van der Waals surface area (Å²) in [6.07, 6.45) is 3.14. The molecule has 0 saturated carbocycles. The predicted molar refractivity (Wildman–Crippen MR) is 86.0 cm³/mol. The third-order valence-corrected chi connectivity index (χ3v) is 5.73. The van der Waals surface area contributed by atoms with Crippen molar-refractivity contribution in [2.75, 3.05) is 0 Å². The summed E-state index contributed by atoms with van der Waals surface area (Å²) in [4.78, 5) is 13.6. The molecule has 0 bridgehead atoms. The molecule has 1 amide bonds. The first-order valence-electron chi connectivity index (χ1n) is 6.83. The molecule has 0 spiro atoms. The summed E-state index contributed by atoms with van der Waals surface area (Å²) in [5, 5.41) is 5.11. The van der Waals surface area contributed by atoms with Crippen LogP contribution in [0.5, 0.6) is 0 Å². The van der Waals surface area contributed by atoms with Crippen LogP contribution in [0.15, 0.2) is 40.2 Å². The fourth-order valence-corrected chi connectivity index (χ4v) is 4.20. The molecule has 1 aliphatic carbocycles. The van der Waals surface area contributed by atoms with Crippen LogP contribution in [0.1, 0.15) is 34.8 Å². The van der Waals surface area contributed by atoms with E-state index in [4.69, 9.17) is 0 Å². The van der Waals surface area contributed by atoms with Gasteiger partial charge in [0.1, 0.15) is 0 Å². The summed E-state index contributed by atoms with van der Waals surface area (Å²) in [5.41, 5.74) is 2.54. The normalized spacial score (nSPS) is 17.6. The van der Waals surface area contributed by atoms with Gasteiger partial charge in [-0.1, -0.05) is 24.3 Å². The molecule has 1 heterocycles. The van der Waals surface area contributed by atoms with Crippen molar-refractivity contribution >= 4 is 33.2 Å². The summed E-state index contributed by atoms with van der Waals surface area (Å²) in [6, 6.07) is 10.3. The van der Waals surface area contributed by atoms with E-state index >= 15 is 0 Å². The molecule has 104 valence electrons. The van der Waals surface area contributed by atoms with Gasteiger partial charge in [-0.15, -0.1) is 11.3 Å². The summed E-state index contributed by atoms with van der Waals surface area (Å²) in [5.74, 6) is 0.163. The van der Waals surface area contributed by atoms with Crippen molar-refractivity contribution < 1.29 is 4.79 Å². The molecule has 1 unspecified atom stereocenters. The first-order valence-corrected chi connectivity index (χ1v) is 8.50. The Hall–Kier alpha value is -1.13. The van der Waals surface area contributed by atoms with Crippen LogP contribution in [0, 0.1) is 0 Å². The summed E-state index contributed by atoms with van der Waals surface area (Å²) >= 11 is 5.16. The number of carbonyl (C=O) groups is 1. The van der Waals surface area contributed by atoms with Gasteiger partial charge in [-0.05, 0) is 57.8 Å². The SMILES string of the molecule is O=C(NCc1sccc1Br)C1CCCc2ccccc21. The van der Waals surface area contributed by atoms with Crippen LogP contribution < -0.4 is 5.32 Å². The number of thiophene rings is 1. The van der Waals surface area contributed by atoms with Gasteiger partial charge < -0.3 is 5.32 Å². The maximum atomic E-state index is 12.4. The molecule has 2 aromatic rings. The molecule has 1 aliphatic rings. The molecule has 0 saturated heterocycles. The second kappa shape index (κ2) is 6.10. The minimum absolute atomic E-state index is 0.0127. The van der Waals surface area contributed by atoms with Crippen molar-refractivity contribution in [2.24, 2.45) is 0 Å². The van der Waals surface area contributed by atoms with Gasteiger partial charge in [0, 0.05) is 9.35 Å². The minimum atomic E-state index is 0.0127. The predicted octanol–water partition coefficient (Wildman–Crippen LogP) is 4.25. The van der Waals surface area contributed by atoms with Gasteiger partial charge in [0.15, 0.2) is 0 Å². The molecule has 1 aromatic heterocycles. The Morgan fingerprint density at radius 2 is 2.20 bits per heavy atom. The highest BCUT2D eigenvalue weighted by Crippen LogP contribution is 2.31. The number of hydrogen-bond donors (Lipinski definition) is 1. The molecule has 4 heteroatoms. The number of fused-ring (bicyclic) bond motifs is 1. The summed E-state index contributed by atoms with van der Waals surface area (Å²) in [6.45, 7) is 0.607. The third kappa shape index (κ3) is 2.81. The van der Waals surface area contributed by atoms with Crippen molar-refractivity contribution in [2.45, 2.75) is 31.7 Å². The van der Waals surface area contributed by atoms with E-state index in [-0.39, 0.29) is 11.8 Å². The van der Waals surface area contributed by atoms with Crippen LogP contribution in [0.25, 0.3) is 0 Å². The highest BCUT2D eigenvalue weighted by atomic mass is 79.9. The van der Waals surface area contributed by atoms with Crippen LogP contribution in [-0.2, 0) is 17.8 Å². The second-order valence-corrected chi connectivity index (χ2v) is 6.91. The average molecular weight is 350 g/mol. The number of aryl methyl sites for hydroxylation is 1. The van der Waals surface area contributed by atoms with Crippen molar-refractivity contribution in [3.05, 3.63) is 56.2 Å². The lowest BCUT2D eigenvalue weighted by Gasteiger charge is -2.24. The number of nitrogens with one attached hydrogen (secondary N) is 1. The maximum Gasteiger partial charge on any atom is 0.227 e. The number of benzene rings is 1. The number of halogens is 1. The molecular formula is C16H16BrNOS. The zero-order chi connectivity index (χ0) is 13.9. The van der Waals surface area contributed by atoms with Crippen LogP contribution in [0.4, 0.5) is 0 Å². The van der Waals surface area contributed by atoms with Crippen LogP contribution in [0.2, 0.25) is 0 Å². The van der Waals surface area contributed by atoms with E-state index in [0.29, 0.717) is 6.54 Å². The maximum absolute atomic E-state index is 12.4. The van der Waals surface area contributed by atoms with Crippen molar-refractivity contribution in [3.8, 4) is 0 Å². The smallest absolute Gasteiger partial charge is 0.227 e. The average Bonchev–Trinajstić information content (AvgIpc) is 2.89. The van der Waals surface area contributed by atoms with E-state index in [1.165, 1.54) is 16.0 Å². The summed E-state index contributed by atoms with van der Waals surface area (Å²) in [7, 11) is 0. The molecule has 0 fully saturated rings. The number of hydrogen-bond acceptors (Lipinski definition) is 2. The van der Waals surface area contributed by atoms with Gasteiger partial charge in [-0.2, -0.15) is 0 Å². The molecule has 2 nitrogen and oxygen atoms in total. The second-order valence-electron chi connectivity index (χ2n) is 5.05. The van der Waals surface area contributed by atoms with Gasteiger partial charge in [0.2, 0.25) is 5.91 Å². The number of rotatable bonds is 3. The lowest BCUT2D eigenvalue weighted by molar-refractivity contribution is -0.123. The Morgan fingerprint density at radius 3 is 3.00 bits per heavy atom. The van der Waals surface area contributed by atoms with Gasteiger partial charge >= 0.3 is 0 Å². The van der Waals surface area contributed by atoms with Gasteiger partial charge in [0.25, 0.3) is 0 Å². The number of carbonyl (C=O) groups excluding carboxylic acids is 1. The van der Waals surface area contributed by atoms with Gasteiger partial charge in [-0.25, -0.2) is 0 Å². The Balaban J connectivity index is 1.71. The third-order valence-electron chi connectivity index (χ3n) is 3.80. The van der Waals surface area contributed by atoms with Crippen LogP contribution >= 0.6 is 27.3 Å². The zero-order valence-electron chi connectivity index (χ0n) is 11.1. The van der Waals surface area contributed by atoms with E-state index in [1.807, 2.05) is 17.5 Å². The molecule has 1 atom stereocenters. The molecule has 0 radical (unpaired) electrons. The Kier molecular flexibility index (Phi) is 4.22. The minimum Gasteiger partial charge on any atom is -0.351 e. The first-order chi connectivity index (χ1) is 9.75. The molecule has 1 N–H and O–H groups in total. The topological polar surface area (TPSA) is 29.1 Å². The van der Waals surface area contributed by atoms with E-state index in [9.17, 15) is 4.79 Å². The highest BCUT2D eigenvalue weighted by Gasteiger charge is 2.25. The van der Waals surface area contributed by atoms with E-state index < -0.39 is 0 Å². The Labute approximate surface area is 131 Å². The highest BCUT2D eigenvalue weighted by molar-refractivity contribution is 9.10. The quantitative estimate of drug-likeness (QED) is 0.881. The fourth-order valence-electron chi connectivity index (χ4n) is 2.77. The molecule has 0 aliphatic heterocycles. The fraction of sp³-hybridized carbons (Fsp3) is 0.312. The van der Waals surface area contributed by atoms with Crippen LogP contribution in [0.3, 0.4) is 0 Å². The van der Waals surface area contributed by atoms with Crippen molar-refractivity contribution in [3.63, 3.8) is 0 Å². The Bertz CT molecular complexity index is 622. The summed E-state index contributed by atoms with van der Waals surface area (Å²) < 4.78 is 1.08. The number of amides is 1. The van der Waals surface area contributed by atoms with E-state index in [1.54, 1.807) is 11.3 Å². The monoisotopic (exact) mass is 349 g/mol. The molecule has 3 rings (SSSR count). The first kappa shape index (κ1) is 13.8. The van der Waals surface area contributed by atoms with Crippen LogP contribution in [-0.4, -0.2) is 5.91 Å². The van der Waals surface area contributed by atoms with E-state index in [0.717, 1.165) is 23.7 Å². The van der Waals surface area contributed by atoms with Gasteiger partial charge in [-0.3, -0.25) is 4.79 Å². The zero-order valence-corrected chi connectivity index (χ0v) is 13.5. The Morgan fingerprint density at radius 1 is 1.35 bits per heavy atom. The molecule has 20 heavy (non-hydrogen) atoms. The van der Waals surface area contributed by atoms with Crippen molar-refractivity contribution in [1.29, 1.82) is 0 Å². The van der Waals surface area contributed by atoms with E-state index in [2.05, 4.69) is 39.4 Å². The van der Waals surface area contributed by atoms with Gasteiger partial charge in [0.05, 0.1) is 12.5 Å². The standard InChI is InChI=1S/C16H16BrNOS/c17-14-8-9-20-15(14)10-18-16(19)13-7-3-5-11-4-1-2-6-12(11)13/h1-2,4,6,8-9,13H,3,5,7,10H2,(H,18,19). The molecule has 1 aromatic carbocycles. The lowest BCUT2D eigenvalue weighted by atomic mass is 9.82. The molecular weight excluding hydrogens is 334 g/mol. The largest absolute Gasteiger partial charge is 0.351 e.